The van der Waals surface area contributed by atoms with Crippen molar-refractivity contribution in [3.8, 4) is 11.5 Å². The summed E-state index contributed by atoms with van der Waals surface area (Å²) in [6.45, 7) is 51.9. The van der Waals surface area contributed by atoms with Crippen molar-refractivity contribution in [2.45, 2.75) is 225 Å². The van der Waals surface area contributed by atoms with Gasteiger partial charge in [-0.2, -0.15) is 0 Å². The minimum absolute atomic E-state index is 0.119. The van der Waals surface area contributed by atoms with E-state index in [4.69, 9.17) is 15.9 Å². The molecule has 6 nitrogen and oxygen atoms in total. The van der Waals surface area contributed by atoms with Gasteiger partial charge in [0.1, 0.15) is 17.8 Å². The molecule has 2 aromatic heterocycles. The minimum atomic E-state index is 0.119. The van der Waals surface area contributed by atoms with Crippen LogP contribution in [0, 0.1) is 27.7 Å². The topological polar surface area (TPSA) is 115 Å². The van der Waals surface area contributed by atoms with E-state index in [1.54, 1.807) is 18.2 Å². The van der Waals surface area contributed by atoms with Crippen LogP contribution in [0.3, 0.4) is 0 Å². The zero-order valence-electron chi connectivity index (χ0n) is 66.9. The Morgan fingerprint density at radius 3 is 0.981 bits per heavy atom. The molecule has 0 aliphatic rings. The quantitative estimate of drug-likeness (QED) is 0.0655. The SMILES string of the molecule is CC(C)c1c[nH]c2ccccc12.CC(C)c1cc(Br)cc(Br)c1.CC(C)c1cc(N)cc(C=O)c1.CC(C)c1cc(O)cc(O)c1.CC(C)c1ccc[nH]1.CC(C)c1ccccc1.Cc1ccc(C(C)C)cc1.Cc1ccc(C(C)C)cc1.Cc1ccc(C(C)C)cc1.Cc1ccc(C(C)C)cc1. The van der Waals surface area contributed by atoms with Crippen molar-refractivity contribution in [1.29, 1.82) is 0 Å². The van der Waals surface area contributed by atoms with E-state index in [1.807, 2.05) is 50.4 Å². The fourth-order valence-electron chi connectivity index (χ4n) is 9.88. The molecule has 0 aliphatic carbocycles. The molecular weight excluding hydrogens is 1390 g/mol. The first-order valence-electron chi connectivity index (χ1n) is 36.9. The number of halogens is 2. The molecule has 0 amide bonds. The van der Waals surface area contributed by atoms with Crippen molar-refractivity contribution in [2.24, 2.45) is 0 Å². The zero-order chi connectivity index (χ0) is 77.5. The molecule has 0 atom stereocenters. The second-order valence-electron chi connectivity index (χ2n) is 29.6. The third-order valence-corrected chi connectivity index (χ3v) is 17.8. The molecule has 0 saturated carbocycles. The van der Waals surface area contributed by atoms with Crippen LogP contribution in [-0.2, 0) is 0 Å². The van der Waals surface area contributed by atoms with E-state index in [0.717, 1.165) is 26.4 Å². The molecule has 0 radical (unpaired) electrons. The Morgan fingerprint density at radius 2 is 0.670 bits per heavy atom. The van der Waals surface area contributed by atoms with Crippen LogP contribution in [0.15, 0.2) is 240 Å². The second-order valence-corrected chi connectivity index (χ2v) is 31.4. The highest BCUT2D eigenvalue weighted by Gasteiger charge is 2.07. The number of nitrogens with two attached hydrogens (primary N) is 1. The molecule has 103 heavy (non-hydrogen) atoms. The fourth-order valence-corrected chi connectivity index (χ4v) is 11.2. The second kappa shape index (κ2) is 48.7. The predicted octanol–water partition coefficient (Wildman–Crippen LogP) is 29.5. The monoisotopic (exact) mass is 1520 g/mol. The number of benzene rings is 9. The molecule has 8 heteroatoms. The number of carbonyl (C=O) groups excluding carboxylic acids is 1. The van der Waals surface area contributed by atoms with Crippen molar-refractivity contribution in [3.05, 3.63) is 323 Å². The molecule has 0 unspecified atom stereocenters. The van der Waals surface area contributed by atoms with Gasteiger partial charge in [-0.05, 0) is 204 Å². The summed E-state index contributed by atoms with van der Waals surface area (Å²) in [6.07, 6.45) is 4.88. The zero-order valence-corrected chi connectivity index (χ0v) is 70.1. The summed E-state index contributed by atoms with van der Waals surface area (Å²) >= 11 is 6.90. The Kier molecular flexibility index (Phi) is 43.0. The summed E-state index contributed by atoms with van der Waals surface area (Å²) in [5.41, 5.74) is 26.7. The summed E-state index contributed by atoms with van der Waals surface area (Å²) in [7, 11) is 0. The van der Waals surface area contributed by atoms with E-state index >= 15 is 0 Å². The van der Waals surface area contributed by atoms with Gasteiger partial charge in [0.25, 0.3) is 0 Å². The summed E-state index contributed by atoms with van der Waals surface area (Å²) in [5, 5.41) is 19.5. The lowest BCUT2D eigenvalue weighted by Crippen LogP contribution is -1.94. The number of hydrogen-bond acceptors (Lipinski definition) is 4. The molecule has 11 rings (SSSR count). The first kappa shape index (κ1) is 90.9. The summed E-state index contributed by atoms with van der Waals surface area (Å²) in [6, 6.07) is 74.4. The summed E-state index contributed by atoms with van der Waals surface area (Å²) in [5.74, 6) is 6.06. The number of aryl methyl sites for hydroxylation is 4. The molecule has 554 valence electrons. The number of phenolic OH excluding ortho intramolecular Hbond substituents is 2. The smallest absolute Gasteiger partial charge is 0.150 e. The first-order chi connectivity index (χ1) is 48.5. The standard InChI is InChI=1S/C11H13N.C10H13NO.4C10H14.C9H10Br2.C9H12O2.C9H12.C7H11N/c1-8(2)10-7-12-11-6-4-3-5-9(10)11;1-7(2)9-3-8(6-12)4-10(11)5-9;4*1-8(2)10-6-4-9(3)5-7-10;2*1-6(2)7-3-8(10)5-9(11)4-7;1-8(2)9-6-4-3-5-7-9;1-6(2)7-4-3-5-8-7/h3-8,12H,1-2H3;3-7H,11H2,1-2H3;4*4-8H,1-3H3;3-6H,1-2H3;3-6,10-11H,1-2H3;3-8H,1-2H3;3-6,8H,1-2H3. The van der Waals surface area contributed by atoms with Gasteiger partial charge in [-0.15, -0.1) is 0 Å². The highest BCUT2D eigenvalue weighted by atomic mass is 79.9. The van der Waals surface area contributed by atoms with Crippen LogP contribution in [0.5, 0.6) is 11.5 Å². The van der Waals surface area contributed by atoms with Crippen molar-refractivity contribution < 1.29 is 15.0 Å². The van der Waals surface area contributed by atoms with Crippen LogP contribution in [0.1, 0.15) is 286 Å². The van der Waals surface area contributed by atoms with Gasteiger partial charge < -0.3 is 25.9 Å². The van der Waals surface area contributed by atoms with Gasteiger partial charge in [0.2, 0.25) is 0 Å². The molecule has 6 N–H and O–H groups in total. The number of aromatic hydroxyl groups is 2. The molecule has 11 aromatic rings. The maximum absolute atomic E-state index is 10.5. The Morgan fingerprint density at radius 1 is 0.330 bits per heavy atom. The average Bonchev–Trinajstić information content (AvgIpc) is 1.71. The van der Waals surface area contributed by atoms with Crippen LogP contribution in [0.4, 0.5) is 5.69 Å². The van der Waals surface area contributed by atoms with E-state index in [0.29, 0.717) is 70.4 Å². The maximum atomic E-state index is 10.5. The maximum Gasteiger partial charge on any atom is 0.150 e. The van der Waals surface area contributed by atoms with E-state index in [-0.39, 0.29) is 11.5 Å². The molecule has 0 saturated heterocycles. The number of carbonyl (C=O) groups is 1. The van der Waals surface area contributed by atoms with Gasteiger partial charge in [0.15, 0.2) is 0 Å². The Hall–Kier alpha value is -8.17. The number of aromatic nitrogens is 2. The number of anilines is 1. The van der Waals surface area contributed by atoms with Crippen LogP contribution >= 0.6 is 31.9 Å². The van der Waals surface area contributed by atoms with Gasteiger partial charge in [-0.3, -0.25) is 4.79 Å². The number of para-hydroxylation sites is 1. The van der Waals surface area contributed by atoms with Crippen LogP contribution in [0.25, 0.3) is 10.9 Å². The number of H-pyrrole nitrogens is 2. The molecule has 0 spiro atoms. The minimum Gasteiger partial charge on any atom is -0.508 e. The lowest BCUT2D eigenvalue weighted by molar-refractivity contribution is 0.112. The molecule has 0 bridgehead atoms. The summed E-state index contributed by atoms with van der Waals surface area (Å²) in [4.78, 5) is 16.9. The van der Waals surface area contributed by atoms with E-state index in [1.165, 1.54) is 83.9 Å². The Bertz CT molecular complexity index is 3730. The lowest BCUT2D eigenvalue weighted by atomic mass is 10.0. The largest absolute Gasteiger partial charge is 0.508 e. The Labute approximate surface area is 641 Å². The van der Waals surface area contributed by atoms with Gasteiger partial charge in [-0.1, -0.05) is 338 Å². The fraction of sp³-hybridized carbons (Fsp3) is 0.358. The number of nitrogen functional groups attached to an aromatic ring is 1. The number of rotatable bonds is 11. The molecular formula is C95H127Br2N3O3. The molecule has 0 fully saturated rings. The van der Waals surface area contributed by atoms with Crippen LogP contribution < -0.4 is 5.73 Å². The van der Waals surface area contributed by atoms with Crippen molar-refractivity contribution in [3.63, 3.8) is 0 Å². The first-order valence-corrected chi connectivity index (χ1v) is 38.4. The highest BCUT2D eigenvalue weighted by Crippen LogP contribution is 2.28. The van der Waals surface area contributed by atoms with Gasteiger partial charge in [0, 0.05) is 55.3 Å². The van der Waals surface area contributed by atoms with Gasteiger partial charge >= 0.3 is 0 Å². The number of aromatic amines is 2. The average molecular weight is 1520 g/mol. The van der Waals surface area contributed by atoms with E-state index in [2.05, 4.69) is 364 Å². The lowest BCUT2D eigenvalue weighted by Gasteiger charge is -2.06. The highest BCUT2D eigenvalue weighted by molar-refractivity contribution is 9.11. The number of phenols is 2. The van der Waals surface area contributed by atoms with E-state index in [9.17, 15) is 4.79 Å². The normalized spacial score (nSPS) is 10.5. The van der Waals surface area contributed by atoms with E-state index < -0.39 is 0 Å². The summed E-state index contributed by atoms with van der Waals surface area (Å²) < 4.78 is 2.27. The Balaban J connectivity index is 0.000000390. The molecule has 9 aromatic carbocycles. The van der Waals surface area contributed by atoms with Crippen LogP contribution in [-0.4, -0.2) is 26.5 Å². The number of nitrogens with one attached hydrogen (secondary N) is 2. The number of fused-ring (bicyclic) bond motifs is 1. The van der Waals surface area contributed by atoms with Gasteiger partial charge in [-0.25, -0.2) is 0 Å². The predicted molar refractivity (Wildman–Crippen MR) is 459 cm³/mol. The van der Waals surface area contributed by atoms with Crippen molar-refractivity contribution >= 4 is 54.7 Å². The number of aldehydes is 1. The van der Waals surface area contributed by atoms with Crippen molar-refractivity contribution in [1.82, 2.24) is 9.97 Å². The van der Waals surface area contributed by atoms with Crippen LogP contribution in [0.2, 0.25) is 0 Å². The van der Waals surface area contributed by atoms with Gasteiger partial charge in [0.05, 0.1) is 0 Å². The third kappa shape index (κ3) is 37.7. The molecule has 0 aliphatic heterocycles. The van der Waals surface area contributed by atoms with Crippen molar-refractivity contribution in [2.75, 3.05) is 5.73 Å². The molecule has 2 heterocycles. The number of hydrogen-bond donors (Lipinski definition) is 5. The third-order valence-electron chi connectivity index (χ3n) is 16.9.